The maximum atomic E-state index is 12.4. The summed E-state index contributed by atoms with van der Waals surface area (Å²) in [6.07, 6.45) is 3.61. The molecule has 7 heteroatoms. The van der Waals surface area contributed by atoms with E-state index in [0.717, 1.165) is 28.3 Å². The molecular weight excluding hydrogens is 380 g/mol. The fourth-order valence-corrected chi connectivity index (χ4v) is 3.04. The van der Waals surface area contributed by atoms with Gasteiger partial charge in [-0.05, 0) is 55.0 Å². The van der Waals surface area contributed by atoms with Crippen LogP contribution in [0.15, 0.2) is 71.4 Å². The molecule has 0 saturated carbocycles. The molecule has 152 valence electrons. The molecule has 7 nitrogen and oxygen atoms in total. The van der Waals surface area contributed by atoms with Crippen LogP contribution in [0.4, 0.5) is 0 Å². The van der Waals surface area contributed by atoms with Crippen LogP contribution in [-0.2, 0) is 13.1 Å². The molecule has 4 aromatic rings. The van der Waals surface area contributed by atoms with Crippen molar-refractivity contribution in [3.63, 3.8) is 0 Å². The third-order valence-corrected chi connectivity index (χ3v) is 4.77. The van der Waals surface area contributed by atoms with Crippen LogP contribution in [0.1, 0.15) is 27.4 Å². The number of nitrogens with zero attached hydrogens (tertiary/aromatic N) is 3. The van der Waals surface area contributed by atoms with Crippen LogP contribution in [0.5, 0.6) is 5.75 Å². The zero-order valence-electron chi connectivity index (χ0n) is 16.8. The lowest BCUT2D eigenvalue weighted by Crippen LogP contribution is -2.22. The number of benzene rings is 2. The van der Waals surface area contributed by atoms with Crippen LogP contribution in [-0.4, -0.2) is 27.8 Å². The van der Waals surface area contributed by atoms with Gasteiger partial charge in [-0.15, -0.1) is 0 Å². The highest BCUT2D eigenvalue weighted by Gasteiger charge is 2.13. The third-order valence-electron chi connectivity index (χ3n) is 4.77. The van der Waals surface area contributed by atoms with Crippen molar-refractivity contribution in [3.8, 4) is 17.2 Å². The number of aryl methyl sites for hydroxylation is 1. The van der Waals surface area contributed by atoms with Gasteiger partial charge in [0.1, 0.15) is 17.2 Å². The van der Waals surface area contributed by atoms with E-state index in [-0.39, 0.29) is 5.91 Å². The molecule has 0 spiro atoms. The zero-order chi connectivity index (χ0) is 20.9. The van der Waals surface area contributed by atoms with E-state index in [2.05, 4.69) is 15.4 Å². The number of methoxy groups -OCH3 is 1. The number of amides is 1. The number of hydrogen-bond acceptors (Lipinski definition) is 5. The lowest BCUT2D eigenvalue weighted by atomic mass is 10.1. The number of aromatic nitrogens is 3. The summed E-state index contributed by atoms with van der Waals surface area (Å²) < 4.78 is 12.7. The molecule has 1 N–H and O–H groups in total. The Balaban J connectivity index is 1.40. The Labute approximate surface area is 174 Å². The van der Waals surface area contributed by atoms with Gasteiger partial charge in [-0.2, -0.15) is 5.10 Å². The summed E-state index contributed by atoms with van der Waals surface area (Å²) >= 11 is 0. The number of hydrogen-bond donors (Lipinski definition) is 1. The largest absolute Gasteiger partial charge is 0.497 e. The van der Waals surface area contributed by atoms with Crippen molar-refractivity contribution in [2.75, 3.05) is 7.11 Å². The van der Waals surface area contributed by atoms with Crippen LogP contribution in [0, 0.1) is 6.92 Å². The number of rotatable bonds is 7. The van der Waals surface area contributed by atoms with Gasteiger partial charge < -0.3 is 14.5 Å². The van der Waals surface area contributed by atoms with E-state index < -0.39 is 0 Å². The van der Waals surface area contributed by atoms with Crippen molar-refractivity contribution in [3.05, 3.63) is 89.6 Å². The molecule has 2 aromatic carbocycles. The standard InChI is InChI=1S/C23H22N4O3/c1-16-21(15-27-13-3-12-25-27)26-23(30-16)19-8-6-18(7-9-19)22(28)24-14-17-4-10-20(29-2)11-5-17/h3-13H,14-15H2,1-2H3,(H,24,28). The van der Waals surface area contributed by atoms with Gasteiger partial charge in [-0.1, -0.05) is 12.1 Å². The number of carbonyl (C=O) groups is 1. The summed E-state index contributed by atoms with van der Waals surface area (Å²) in [5.41, 5.74) is 3.22. The fraction of sp³-hybridized carbons (Fsp3) is 0.174. The number of carbonyl (C=O) groups excluding carboxylic acids is 1. The number of oxazole rings is 1. The Morgan fingerprint density at radius 1 is 1.13 bits per heavy atom. The fourth-order valence-electron chi connectivity index (χ4n) is 3.04. The maximum absolute atomic E-state index is 12.4. The summed E-state index contributed by atoms with van der Waals surface area (Å²) in [7, 11) is 1.63. The topological polar surface area (TPSA) is 82.2 Å². The molecule has 2 heterocycles. The molecule has 0 bridgehead atoms. The first kappa shape index (κ1) is 19.4. The molecule has 30 heavy (non-hydrogen) atoms. The molecule has 0 aliphatic carbocycles. The van der Waals surface area contributed by atoms with E-state index in [0.29, 0.717) is 24.5 Å². The summed E-state index contributed by atoms with van der Waals surface area (Å²) in [6.45, 7) is 2.88. The minimum atomic E-state index is -0.139. The molecule has 2 aromatic heterocycles. The highest BCUT2D eigenvalue weighted by atomic mass is 16.5. The number of ether oxygens (including phenoxy) is 1. The summed E-state index contributed by atoms with van der Waals surface area (Å²) in [6, 6.07) is 16.7. The van der Waals surface area contributed by atoms with Gasteiger partial charge in [0.25, 0.3) is 5.91 Å². The molecule has 4 rings (SSSR count). The second-order valence-corrected chi connectivity index (χ2v) is 6.83. The van der Waals surface area contributed by atoms with Crippen molar-refractivity contribution >= 4 is 5.91 Å². The second kappa shape index (κ2) is 8.65. The van der Waals surface area contributed by atoms with Crippen molar-refractivity contribution in [2.45, 2.75) is 20.0 Å². The Morgan fingerprint density at radius 2 is 1.90 bits per heavy atom. The van der Waals surface area contributed by atoms with Crippen LogP contribution in [0.3, 0.4) is 0 Å². The van der Waals surface area contributed by atoms with Crippen LogP contribution in [0.25, 0.3) is 11.5 Å². The highest BCUT2D eigenvalue weighted by Crippen LogP contribution is 2.23. The van der Waals surface area contributed by atoms with Crippen LogP contribution >= 0.6 is 0 Å². The molecule has 1 amide bonds. The van der Waals surface area contributed by atoms with Gasteiger partial charge in [0.15, 0.2) is 0 Å². The van der Waals surface area contributed by atoms with Gasteiger partial charge in [0, 0.05) is 30.1 Å². The van der Waals surface area contributed by atoms with E-state index in [1.165, 1.54) is 0 Å². The quantitative estimate of drug-likeness (QED) is 0.508. The molecule has 0 aliphatic heterocycles. The predicted molar refractivity (Wildman–Crippen MR) is 112 cm³/mol. The van der Waals surface area contributed by atoms with E-state index in [1.54, 1.807) is 30.1 Å². The van der Waals surface area contributed by atoms with E-state index in [1.807, 2.05) is 55.6 Å². The minimum Gasteiger partial charge on any atom is -0.497 e. The average molecular weight is 402 g/mol. The molecule has 0 atom stereocenters. The van der Waals surface area contributed by atoms with E-state index in [9.17, 15) is 4.79 Å². The van der Waals surface area contributed by atoms with Crippen molar-refractivity contribution in [1.29, 1.82) is 0 Å². The summed E-state index contributed by atoms with van der Waals surface area (Å²) in [5.74, 6) is 1.93. The van der Waals surface area contributed by atoms with Crippen molar-refractivity contribution in [1.82, 2.24) is 20.1 Å². The maximum Gasteiger partial charge on any atom is 0.251 e. The normalized spacial score (nSPS) is 10.7. The molecule has 0 fully saturated rings. The Hall–Kier alpha value is -3.87. The van der Waals surface area contributed by atoms with Gasteiger partial charge in [-0.25, -0.2) is 4.98 Å². The minimum absolute atomic E-state index is 0.139. The monoisotopic (exact) mass is 402 g/mol. The first-order chi connectivity index (χ1) is 14.6. The van der Waals surface area contributed by atoms with Gasteiger partial charge >= 0.3 is 0 Å². The predicted octanol–water partition coefficient (Wildman–Crippen LogP) is 3.83. The molecular formula is C23H22N4O3. The lowest BCUT2D eigenvalue weighted by Gasteiger charge is -2.07. The molecule has 0 saturated heterocycles. The van der Waals surface area contributed by atoms with Gasteiger partial charge in [0.05, 0.1) is 13.7 Å². The SMILES string of the molecule is COc1ccc(CNC(=O)c2ccc(-c3nc(Cn4cccn4)c(C)o3)cc2)cc1. The zero-order valence-corrected chi connectivity index (χ0v) is 16.8. The van der Waals surface area contributed by atoms with E-state index in [4.69, 9.17) is 9.15 Å². The first-order valence-electron chi connectivity index (χ1n) is 9.57. The van der Waals surface area contributed by atoms with Crippen LogP contribution < -0.4 is 10.1 Å². The second-order valence-electron chi connectivity index (χ2n) is 6.83. The molecule has 0 radical (unpaired) electrons. The summed E-state index contributed by atoms with van der Waals surface area (Å²) in [4.78, 5) is 17.0. The average Bonchev–Trinajstić information content (AvgIpc) is 3.43. The van der Waals surface area contributed by atoms with Crippen molar-refractivity contribution < 1.29 is 13.9 Å². The lowest BCUT2D eigenvalue weighted by molar-refractivity contribution is 0.0951. The smallest absolute Gasteiger partial charge is 0.251 e. The Morgan fingerprint density at radius 3 is 2.57 bits per heavy atom. The highest BCUT2D eigenvalue weighted by molar-refractivity contribution is 5.94. The molecule has 0 aliphatic rings. The first-order valence-corrected chi connectivity index (χ1v) is 9.57. The number of nitrogens with one attached hydrogen (secondary N) is 1. The van der Waals surface area contributed by atoms with Gasteiger partial charge in [0.2, 0.25) is 5.89 Å². The Kier molecular flexibility index (Phi) is 5.61. The summed E-state index contributed by atoms with van der Waals surface area (Å²) in [5, 5.41) is 7.12. The van der Waals surface area contributed by atoms with Crippen LogP contribution in [0.2, 0.25) is 0 Å². The van der Waals surface area contributed by atoms with E-state index >= 15 is 0 Å². The van der Waals surface area contributed by atoms with Gasteiger partial charge in [-0.3, -0.25) is 9.48 Å². The molecule has 0 unspecified atom stereocenters. The third kappa shape index (κ3) is 4.41. The van der Waals surface area contributed by atoms with Crippen molar-refractivity contribution in [2.24, 2.45) is 0 Å². The Bertz CT molecular complexity index is 1110.